The van der Waals surface area contributed by atoms with Gasteiger partial charge in [0.2, 0.25) is 10.0 Å². The Labute approximate surface area is 112 Å². The van der Waals surface area contributed by atoms with Gasteiger partial charge in [0.15, 0.2) is 0 Å². The average molecular weight is 281 g/mol. The fraction of sp³-hybridized carbons (Fsp3) is 0.417. The van der Waals surface area contributed by atoms with Crippen molar-refractivity contribution in [1.82, 2.24) is 14.5 Å². The number of nitrogens with zero attached hydrogens (tertiary/aromatic N) is 2. The lowest BCUT2D eigenvalue weighted by Crippen LogP contribution is -2.53. The normalized spacial score (nSPS) is 24.1. The Morgan fingerprint density at radius 2 is 1.89 bits per heavy atom. The first-order valence-corrected chi connectivity index (χ1v) is 7.63. The smallest absolute Gasteiger partial charge is 0.317 e. The average Bonchev–Trinajstić information content (AvgIpc) is 2.81. The zero-order chi connectivity index (χ0) is 13.5. The fourth-order valence-electron chi connectivity index (χ4n) is 2.54. The van der Waals surface area contributed by atoms with Gasteiger partial charge in [-0.1, -0.05) is 18.2 Å². The molecule has 0 saturated carbocycles. The minimum atomic E-state index is -3.45. The lowest BCUT2D eigenvalue weighted by Gasteiger charge is -2.35. The number of hydrogen-bond donors (Lipinski definition) is 1. The van der Waals surface area contributed by atoms with Crippen molar-refractivity contribution in [3.05, 3.63) is 30.3 Å². The molecule has 0 bridgehead atoms. The third-order valence-corrected chi connectivity index (χ3v) is 5.46. The van der Waals surface area contributed by atoms with Crippen molar-refractivity contribution in [3.63, 3.8) is 0 Å². The molecular formula is C12H15N3O3S. The summed E-state index contributed by atoms with van der Waals surface area (Å²) < 4.78 is 26.4. The molecular weight excluding hydrogens is 266 g/mol. The Morgan fingerprint density at radius 1 is 1.16 bits per heavy atom. The highest BCUT2D eigenvalue weighted by atomic mass is 32.2. The Kier molecular flexibility index (Phi) is 2.94. The second-order valence-electron chi connectivity index (χ2n) is 4.71. The van der Waals surface area contributed by atoms with E-state index in [0.717, 1.165) is 0 Å². The number of hydrogen-bond acceptors (Lipinski definition) is 3. The van der Waals surface area contributed by atoms with Crippen LogP contribution >= 0.6 is 0 Å². The molecule has 7 heteroatoms. The first-order chi connectivity index (χ1) is 9.09. The molecule has 1 aromatic carbocycles. The van der Waals surface area contributed by atoms with Crippen LogP contribution in [0.15, 0.2) is 35.2 Å². The van der Waals surface area contributed by atoms with Gasteiger partial charge in [-0.25, -0.2) is 13.2 Å². The zero-order valence-electron chi connectivity index (χ0n) is 10.3. The lowest BCUT2D eigenvalue weighted by molar-refractivity contribution is 0.164. The second kappa shape index (κ2) is 4.50. The van der Waals surface area contributed by atoms with Gasteiger partial charge in [-0.2, -0.15) is 4.31 Å². The number of carbonyl (C=O) groups excluding carboxylic acids is 1. The van der Waals surface area contributed by atoms with Crippen LogP contribution in [-0.2, 0) is 10.0 Å². The van der Waals surface area contributed by atoms with Crippen molar-refractivity contribution in [1.29, 1.82) is 0 Å². The van der Waals surface area contributed by atoms with Gasteiger partial charge >= 0.3 is 6.03 Å². The van der Waals surface area contributed by atoms with E-state index in [1.807, 2.05) is 0 Å². The van der Waals surface area contributed by atoms with E-state index in [1.54, 1.807) is 35.2 Å². The molecule has 1 unspecified atom stereocenters. The fourth-order valence-corrected chi connectivity index (χ4v) is 4.02. The van der Waals surface area contributed by atoms with Crippen molar-refractivity contribution >= 4 is 16.1 Å². The molecule has 1 N–H and O–H groups in total. The molecule has 2 saturated heterocycles. The maximum atomic E-state index is 12.5. The summed E-state index contributed by atoms with van der Waals surface area (Å²) in [5.41, 5.74) is 0. The molecule has 2 amide bonds. The Balaban J connectivity index is 1.83. The van der Waals surface area contributed by atoms with E-state index in [4.69, 9.17) is 0 Å². The number of carbonyl (C=O) groups is 1. The van der Waals surface area contributed by atoms with Gasteiger partial charge in [-0.15, -0.1) is 0 Å². The van der Waals surface area contributed by atoms with Crippen LogP contribution in [0.5, 0.6) is 0 Å². The highest BCUT2D eigenvalue weighted by Gasteiger charge is 2.39. The molecule has 6 nitrogen and oxygen atoms in total. The first kappa shape index (κ1) is 12.4. The molecule has 1 atom stereocenters. The highest BCUT2D eigenvalue weighted by Crippen LogP contribution is 2.21. The predicted molar refractivity (Wildman–Crippen MR) is 69.1 cm³/mol. The van der Waals surface area contributed by atoms with E-state index in [0.29, 0.717) is 31.1 Å². The minimum absolute atomic E-state index is 0.0558. The van der Waals surface area contributed by atoms with E-state index in [-0.39, 0.29) is 12.1 Å². The van der Waals surface area contributed by atoms with Crippen LogP contribution in [0.3, 0.4) is 0 Å². The standard InChI is InChI=1S/C12H15N3O3S/c16-12-13-8-10-9-14(6-7-15(10)12)19(17,18)11-4-2-1-3-5-11/h1-5,10H,6-9H2,(H,13,16). The van der Waals surface area contributed by atoms with Gasteiger partial charge in [0.05, 0.1) is 10.9 Å². The summed E-state index contributed by atoms with van der Waals surface area (Å²) >= 11 is 0. The van der Waals surface area contributed by atoms with E-state index >= 15 is 0 Å². The number of sulfonamides is 1. The molecule has 0 aromatic heterocycles. The van der Waals surface area contributed by atoms with Crippen LogP contribution in [0, 0.1) is 0 Å². The number of nitrogens with one attached hydrogen (secondary N) is 1. The van der Waals surface area contributed by atoms with Gasteiger partial charge in [0, 0.05) is 26.2 Å². The molecule has 3 rings (SSSR count). The largest absolute Gasteiger partial charge is 0.336 e. The van der Waals surface area contributed by atoms with Crippen molar-refractivity contribution in [2.24, 2.45) is 0 Å². The molecule has 2 aliphatic rings. The topological polar surface area (TPSA) is 69.7 Å². The third-order valence-electron chi connectivity index (χ3n) is 3.58. The van der Waals surface area contributed by atoms with Crippen LogP contribution in [0.25, 0.3) is 0 Å². The lowest BCUT2D eigenvalue weighted by atomic mass is 10.2. The maximum Gasteiger partial charge on any atom is 0.317 e. The molecule has 0 spiro atoms. The van der Waals surface area contributed by atoms with Gasteiger partial charge < -0.3 is 10.2 Å². The van der Waals surface area contributed by atoms with Gasteiger partial charge in [0.1, 0.15) is 0 Å². The Morgan fingerprint density at radius 3 is 2.63 bits per heavy atom. The van der Waals surface area contributed by atoms with E-state index < -0.39 is 10.0 Å². The van der Waals surface area contributed by atoms with Crippen LogP contribution in [0.2, 0.25) is 0 Å². The predicted octanol–water partition coefficient (Wildman–Crippen LogP) is 0.0847. The summed E-state index contributed by atoms with van der Waals surface area (Å²) in [6, 6.07) is 8.25. The van der Waals surface area contributed by atoms with Crippen LogP contribution in [-0.4, -0.2) is 55.9 Å². The van der Waals surface area contributed by atoms with Crippen LogP contribution < -0.4 is 5.32 Å². The van der Waals surface area contributed by atoms with Crippen molar-refractivity contribution in [2.75, 3.05) is 26.2 Å². The molecule has 1 aromatic rings. The van der Waals surface area contributed by atoms with Crippen LogP contribution in [0.4, 0.5) is 4.79 Å². The number of amides is 2. The number of urea groups is 1. The van der Waals surface area contributed by atoms with Gasteiger partial charge in [-0.05, 0) is 12.1 Å². The van der Waals surface area contributed by atoms with Crippen LogP contribution in [0.1, 0.15) is 0 Å². The molecule has 0 radical (unpaired) electrons. The SMILES string of the molecule is O=C1NCC2CN(S(=O)(=O)c3ccccc3)CCN12. The molecule has 2 heterocycles. The molecule has 19 heavy (non-hydrogen) atoms. The quantitative estimate of drug-likeness (QED) is 0.835. The van der Waals surface area contributed by atoms with Crippen molar-refractivity contribution in [2.45, 2.75) is 10.9 Å². The number of piperazine rings is 1. The summed E-state index contributed by atoms with van der Waals surface area (Å²) in [6.07, 6.45) is 0. The van der Waals surface area contributed by atoms with Gasteiger partial charge in [-0.3, -0.25) is 0 Å². The van der Waals surface area contributed by atoms with E-state index in [9.17, 15) is 13.2 Å². The highest BCUT2D eigenvalue weighted by molar-refractivity contribution is 7.89. The molecule has 102 valence electrons. The second-order valence-corrected chi connectivity index (χ2v) is 6.65. The van der Waals surface area contributed by atoms with Gasteiger partial charge in [0.25, 0.3) is 0 Å². The van der Waals surface area contributed by atoms with E-state index in [1.165, 1.54) is 4.31 Å². The van der Waals surface area contributed by atoms with E-state index in [2.05, 4.69) is 5.32 Å². The summed E-state index contributed by atoms with van der Waals surface area (Å²) in [5.74, 6) is 0. The summed E-state index contributed by atoms with van der Waals surface area (Å²) in [5, 5.41) is 2.74. The summed E-state index contributed by atoms with van der Waals surface area (Å²) in [7, 11) is -3.45. The molecule has 2 aliphatic heterocycles. The number of benzene rings is 1. The molecule has 0 aliphatic carbocycles. The van der Waals surface area contributed by atoms with Crippen molar-refractivity contribution in [3.8, 4) is 0 Å². The Hall–Kier alpha value is -1.60. The zero-order valence-corrected chi connectivity index (χ0v) is 11.1. The summed E-state index contributed by atoms with van der Waals surface area (Å²) in [6.45, 7) is 1.67. The van der Waals surface area contributed by atoms with Crippen molar-refractivity contribution < 1.29 is 13.2 Å². The maximum absolute atomic E-state index is 12.5. The summed E-state index contributed by atoms with van der Waals surface area (Å²) in [4.78, 5) is 13.5. The number of fused-ring (bicyclic) bond motifs is 1. The minimum Gasteiger partial charge on any atom is -0.336 e. The monoisotopic (exact) mass is 281 g/mol. The molecule has 2 fully saturated rings. The third kappa shape index (κ3) is 2.08. The first-order valence-electron chi connectivity index (χ1n) is 6.19. The number of rotatable bonds is 2. The Bertz CT molecular complexity index is 587.